The van der Waals surface area contributed by atoms with Crippen molar-refractivity contribution in [2.45, 2.75) is 33.2 Å². The summed E-state index contributed by atoms with van der Waals surface area (Å²) in [6, 6.07) is 8.07. The molecule has 3 nitrogen and oxygen atoms in total. The van der Waals surface area contributed by atoms with Gasteiger partial charge in [0.15, 0.2) is 0 Å². The first-order chi connectivity index (χ1) is 8.17. The van der Waals surface area contributed by atoms with Gasteiger partial charge < -0.3 is 10.6 Å². The van der Waals surface area contributed by atoms with Crippen molar-refractivity contribution in [1.82, 2.24) is 10.6 Å². The quantitative estimate of drug-likeness (QED) is 0.833. The first-order valence-corrected chi connectivity index (χ1v) is 6.27. The van der Waals surface area contributed by atoms with Gasteiger partial charge in [-0.1, -0.05) is 26.0 Å². The molecular weight excluding hydrogens is 248 g/mol. The lowest BCUT2D eigenvalue weighted by molar-refractivity contribution is 0.0950. The van der Waals surface area contributed by atoms with E-state index in [1.165, 1.54) is 5.56 Å². The van der Waals surface area contributed by atoms with Crippen LogP contribution in [0.1, 0.15) is 36.7 Å². The highest BCUT2D eigenvalue weighted by molar-refractivity contribution is 5.94. The summed E-state index contributed by atoms with van der Waals surface area (Å²) >= 11 is 0. The Bertz CT molecular complexity index is 351. The summed E-state index contributed by atoms with van der Waals surface area (Å²) in [6.07, 6.45) is 0.999. The summed E-state index contributed by atoms with van der Waals surface area (Å²) in [6.45, 7) is 7.80. The molecule has 0 aliphatic carbocycles. The minimum Gasteiger partial charge on any atom is -0.350 e. The van der Waals surface area contributed by atoms with Crippen LogP contribution in [0.25, 0.3) is 0 Å². The van der Waals surface area contributed by atoms with E-state index >= 15 is 0 Å². The Morgan fingerprint density at radius 2 is 1.83 bits per heavy atom. The summed E-state index contributed by atoms with van der Waals surface area (Å²) < 4.78 is 0. The van der Waals surface area contributed by atoms with Crippen LogP contribution >= 0.6 is 12.4 Å². The highest BCUT2D eigenvalue weighted by atomic mass is 35.5. The Hall–Kier alpha value is -1.06. The van der Waals surface area contributed by atoms with Crippen LogP contribution in [-0.2, 0) is 6.42 Å². The van der Waals surface area contributed by atoms with E-state index in [0.29, 0.717) is 12.6 Å². The number of nitrogens with one attached hydrogen (secondary N) is 2. The second-order valence-corrected chi connectivity index (χ2v) is 4.22. The van der Waals surface area contributed by atoms with E-state index in [9.17, 15) is 4.79 Å². The monoisotopic (exact) mass is 270 g/mol. The molecule has 0 unspecified atom stereocenters. The third-order valence-corrected chi connectivity index (χ3v) is 2.75. The molecule has 0 saturated carbocycles. The van der Waals surface area contributed by atoms with Gasteiger partial charge in [-0.2, -0.15) is 0 Å². The summed E-state index contributed by atoms with van der Waals surface area (Å²) in [5, 5.41) is 6.18. The second-order valence-electron chi connectivity index (χ2n) is 4.22. The maximum atomic E-state index is 11.8. The lowest BCUT2D eigenvalue weighted by Gasteiger charge is -2.13. The average molecular weight is 271 g/mol. The maximum Gasteiger partial charge on any atom is 0.251 e. The fourth-order valence-corrected chi connectivity index (χ4v) is 1.66. The standard InChI is InChI=1S/C14H22N2O.ClH/c1-4-12-6-8-13(9-7-12)14(17)16-10-11(3)15-5-2;/h6-9,11,15H,4-5,10H2,1-3H3,(H,16,17);1H/t11-;/m1./s1. The van der Waals surface area contributed by atoms with Crippen LogP contribution in [0.3, 0.4) is 0 Å². The van der Waals surface area contributed by atoms with Gasteiger partial charge in [-0.3, -0.25) is 4.79 Å². The summed E-state index contributed by atoms with van der Waals surface area (Å²) in [7, 11) is 0. The van der Waals surface area contributed by atoms with Crippen LogP contribution in [0.5, 0.6) is 0 Å². The highest BCUT2D eigenvalue weighted by Gasteiger charge is 2.06. The molecule has 1 aromatic rings. The Labute approximate surface area is 116 Å². The molecule has 0 fully saturated rings. The van der Waals surface area contributed by atoms with E-state index in [2.05, 4.69) is 31.4 Å². The molecule has 1 amide bonds. The van der Waals surface area contributed by atoms with Crippen molar-refractivity contribution in [1.29, 1.82) is 0 Å². The molecule has 0 heterocycles. The van der Waals surface area contributed by atoms with Crippen molar-refractivity contribution in [3.63, 3.8) is 0 Å². The molecule has 102 valence electrons. The van der Waals surface area contributed by atoms with Crippen molar-refractivity contribution in [2.75, 3.05) is 13.1 Å². The third kappa shape index (κ3) is 5.52. The molecule has 1 atom stereocenters. The van der Waals surface area contributed by atoms with Crippen LogP contribution in [0.15, 0.2) is 24.3 Å². The molecule has 0 aromatic heterocycles. The van der Waals surface area contributed by atoms with Gasteiger partial charge in [-0.15, -0.1) is 12.4 Å². The van der Waals surface area contributed by atoms with Crippen LogP contribution in [0.4, 0.5) is 0 Å². The maximum absolute atomic E-state index is 11.8. The molecule has 0 aliphatic heterocycles. The summed E-state index contributed by atoms with van der Waals surface area (Å²) in [5.41, 5.74) is 1.98. The normalized spacial score (nSPS) is 11.5. The van der Waals surface area contributed by atoms with Crippen LogP contribution in [0.2, 0.25) is 0 Å². The number of halogens is 1. The van der Waals surface area contributed by atoms with Crippen molar-refractivity contribution in [2.24, 2.45) is 0 Å². The largest absolute Gasteiger partial charge is 0.350 e. The molecule has 0 radical (unpaired) electrons. The number of carbonyl (C=O) groups is 1. The number of benzene rings is 1. The number of amides is 1. The zero-order valence-electron chi connectivity index (χ0n) is 11.3. The molecule has 0 bridgehead atoms. The minimum atomic E-state index is -0.00240. The molecule has 18 heavy (non-hydrogen) atoms. The van der Waals surface area contributed by atoms with Crippen molar-refractivity contribution in [3.8, 4) is 0 Å². The number of aryl methyl sites for hydroxylation is 1. The van der Waals surface area contributed by atoms with Gasteiger partial charge in [-0.05, 0) is 37.6 Å². The third-order valence-electron chi connectivity index (χ3n) is 2.75. The Balaban J connectivity index is 0.00000289. The Morgan fingerprint density at radius 3 is 2.33 bits per heavy atom. The number of hydrogen-bond acceptors (Lipinski definition) is 2. The van der Waals surface area contributed by atoms with Crippen LogP contribution in [-0.4, -0.2) is 25.0 Å². The number of likely N-dealkylation sites (N-methyl/N-ethyl adjacent to an activating group) is 1. The van der Waals surface area contributed by atoms with Gasteiger partial charge in [-0.25, -0.2) is 0 Å². The Morgan fingerprint density at radius 1 is 1.22 bits per heavy atom. The predicted molar refractivity (Wildman–Crippen MR) is 78.5 cm³/mol. The van der Waals surface area contributed by atoms with Gasteiger partial charge >= 0.3 is 0 Å². The van der Waals surface area contributed by atoms with E-state index in [4.69, 9.17) is 0 Å². The molecule has 0 saturated heterocycles. The lowest BCUT2D eigenvalue weighted by atomic mass is 10.1. The van der Waals surface area contributed by atoms with Crippen LogP contribution in [0, 0.1) is 0 Å². The molecule has 1 rings (SSSR count). The van der Waals surface area contributed by atoms with E-state index in [0.717, 1.165) is 18.5 Å². The van der Waals surface area contributed by atoms with E-state index in [-0.39, 0.29) is 18.3 Å². The zero-order valence-corrected chi connectivity index (χ0v) is 12.1. The molecular formula is C14H23ClN2O. The topological polar surface area (TPSA) is 41.1 Å². The first-order valence-electron chi connectivity index (χ1n) is 6.27. The fraction of sp³-hybridized carbons (Fsp3) is 0.500. The van der Waals surface area contributed by atoms with Crippen molar-refractivity contribution in [3.05, 3.63) is 35.4 Å². The van der Waals surface area contributed by atoms with Gasteiger partial charge in [0.05, 0.1) is 0 Å². The second kappa shape index (κ2) is 8.95. The van der Waals surface area contributed by atoms with E-state index < -0.39 is 0 Å². The van der Waals surface area contributed by atoms with Gasteiger partial charge in [0.2, 0.25) is 0 Å². The molecule has 0 aliphatic rings. The number of carbonyl (C=O) groups excluding carboxylic acids is 1. The SMILES string of the molecule is CCN[C@H](C)CNC(=O)c1ccc(CC)cc1.Cl. The Kier molecular flexibility index (Phi) is 8.42. The molecule has 2 N–H and O–H groups in total. The van der Waals surface area contributed by atoms with Gasteiger partial charge in [0.25, 0.3) is 5.91 Å². The highest BCUT2D eigenvalue weighted by Crippen LogP contribution is 2.04. The summed E-state index contributed by atoms with van der Waals surface area (Å²) in [4.78, 5) is 11.8. The molecule has 1 aromatic carbocycles. The van der Waals surface area contributed by atoms with Gasteiger partial charge in [0.1, 0.15) is 0 Å². The smallest absolute Gasteiger partial charge is 0.251 e. The minimum absolute atomic E-state index is 0. The van der Waals surface area contributed by atoms with E-state index in [1.807, 2.05) is 24.3 Å². The zero-order chi connectivity index (χ0) is 12.7. The summed E-state index contributed by atoms with van der Waals surface area (Å²) in [5.74, 6) is -0.00240. The lowest BCUT2D eigenvalue weighted by Crippen LogP contribution is -2.38. The van der Waals surface area contributed by atoms with Gasteiger partial charge in [0, 0.05) is 18.2 Å². The van der Waals surface area contributed by atoms with Crippen LogP contribution < -0.4 is 10.6 Å². The van der Waals surface area contributed by atoms with Crippen molar-refractivity contribution < 1.29 is 4.79 Å². The predicted octanol–water partition coefficient (Wildman–Crippen LogP) is 2.40. The molecule has 0 spiro atoms. The average Bonchev–Trinajstić information content (AvgIpc) is 2.36. The first kappa shape index (κ1) is 16.9. The van der Waals surface area contributed by atoms with Crippen molar-refractivity contribution >= 4 is 18.3 Å². The number of hydrogen-bond donors (Lipinski definition) is 2. The van der Waals surface area contributed by atoms with E-state index in [1.54, 1.807) is 0 Å². The molecule has 4 heteroatoms. The fourth-order valence-electron chi connectivity index (χ4n) is 1.66. The number of rotatable bonds is 6.